The van der Waals surface area contributed by atoms with Gasteiger partial charge in [-0.1, -0.05) is 18.2 Å². The molecule has 0 heterocycles. The molecule has 4 heteroatoms. The number of para-hydroxylation sites is 1. The predicted molar refractivity (Wildman–Crippen MR) is 74.5 cm³/mol. The quantitative estimate of drug-likeness (QED) is 0.890. The molecule has 0 aliphatic heterocycles. The Kier molecular flexibility index (Phi) is 4.35. The average Bonchev–Trinajstić information content (AvgIpc) is 2.41. The van der Waals surface area contributed by atoms with Crippen LogP contribution in [0.25, 0.3) is 0 Å². The van der Waals surface area contributed by atoms with Crippen molar-refractivity contribution in [3.05, 3.63) is 64.7 Å². The molecule has 0 bridgehead atoms. The van der Waals surface area contributed by atoms with Crippen LogP contribution in [-0.4, -0.2) is 5.11 Å². The van der Waals surface area contributed by atoms with E-state index in [1.807, 2.05) is 6.07 Å². The molecule has 0 spiro atoms. The summed E-state index contributed by atoms with van der Waals surface area (Å²) in [6, 6.07) is 8.97. The Labute approximate surface area is 117 Å². The minimum absolute atomic E-state index is 0.183. The maximum absolute atomic E-state index is 13.8. The highest BCUT2D eigenvalue weighted by atomic mass is 19.1. The topological polar surface area (TPSA) is 32.3 Å². The third-order valence-corrected chi connectivity index (χ3v) is 3.33. The predicted octanol–water partition coefficient (Wildman–Crippen LogP) is 3.83. The smallest absolute Gasteiger partial charge is 0.128 e. The summed E-state index contributed by atoms with van der Waals surface area (Å²) in [5, 5.41) is 12.7. The van der Waals surface area contributed by atoms with Gasteiger partial charge in [0.2, 0.25) is 0 Å². The van der Waals surface area contributed by atoms with Gasteiger partial charge in [-0.05, 0) is 37.6 Å². The first kappa shape index (κ1) is 14.5. The third-order valence-electron chi connectivity index (χ3n) is 3.33. The third kappa shape index (κ3) is 3.14. The molecule has 1 atom stereocenters. The first-order valence-corrected chi connectivity index (χ1v) is 6.45. The Morgan fingerprint density at radius 2 is 1.85 bits per heavy atom. The van der Waals surface area contributed by atoms with Crippen molar-refractivity contribution in [1.82, 2.24) is 5.32 Å². The van der Waals surface area contributed by atoms with Gasteiger partial charge in [0.05, 0.1) is 0 Å². The number of rotatable bonds is 4. The second-order valence-corrected chi connectivity index (χ2v) is 4.85. The Morgan fingerprint density at radius 3 is 2.55 bits per heavy atom. The van der Waals surface area contributed by atoms with Crippen molar-refractivity contribution in [1.29, 1.82) is 0 Å². The van der Waals surface area contributed by atoms with Crippen molar-refractivity contribution >= 4 is 0 Å². The van der Waals surface area contributed by atoms with Gasteiger partial charge in [0, 0.05) is 23.7 Å². The first-order chi connectivity index (χ1) is 9.49. The summed E-state index contributed by atoms with van der Waals surface area (Å²) in [5.74, 6) is -0.665. The van der Waals surface area contributed by atoms with Crippen LogP contribution in [0.1, 0.15) is 29.7 Å². The number of aromatic hydroxyl groups is 1. The lowest BCUT2D eigenvalue weighted by atomic mass is 10.0. The van der Waals surface area contributed by atoms with Crippen LogP contribution in [0.5, 0.6) is 5.75 Å². The van der Waals surface area contributed by atoms with Crippen LogP contribution >= 0.6 is 0 Å². The number of phenolic OH excluding ortho intramolecular Hbond substituents is 1. The SMILES string of the molecule is Cc1cc(F)c(C(C)NCc2ccccc2O)cc1F. The van der Waals surface area contributed by atoms with Crippen LogP contribution < -0.4 is 5.32 Å². The summed E-state index contributed by atoms with van der Waals surface area (Å²) in [7, 11) is 0. The van der Waals surface area contributed by atoms with Crippen molar-refractivity contribution in [3.63, 3.8) is 0 Å². The Balaban J connectivity index is 2.11. The van der Waals surface area contributed by atoms with E-state index in [1.165, 1.54) is 19.1 Å². The molecule has 2 rings (SSSR count). The molecule has 2 aromatic rings. The minimum Gasteiger partial charge on any atom is -0.508 e. The zero-order valence-electron chi connectivity index (χ0n) is 11.5. The van der Waals surface area contributed by atoms with Crippen LogP contribution in [0.4, 0.5) is 8.78 Å². The van der Waals surface area contributed by atoms with Crippen LogP contribution in [0.15, 0.2) is 36.4 Å². The largest absolute Gasteiger partial charge is 0.508 e. The zero-order chi connectivity index (χ0) is 14.7. The van der Waals surface area contributed by atoms with Crippen LogP contribution in [0.3, 0.4) is 0 Å². The monoisotopic (exact) mass is 277 g/mol. The second-order valence-electron chi connectivity index (χ2n) is 4.85. The molecule has 20 heavy (non-hydrogen) atoms. The van der Waals surface area contributed by atoms with Gasteiger partial charge in [-0.3, -0.25) is 0 Å². The number of benzene rings is 2. The standard InChI is InChI=1S/C16H17F2NO/c1-10-7-15(18)13(8-14(10)17)11(2)19-9-12-5-3-4-6-16(12)20/h3-8,11,19-20H,9H2,1-2H3. The van der Waals surface area contributed by atoms with Crippen LogP contribution in [-0.2, 0) is 6.54 Å². The lowest BCUT2D eigenvalue weighted by molar-refractivity contribution is 0.457. The summed E-state index contributed by atoms with van der Waals surface area (Å²) in [4.78, 5) is 0. The van der Waals surface area contributed by atoms with Crippen LogP contribution in [0, 0.1) is 18.6 Å². The number of halogens is 2. The van der Waals surface area contributed by atoms with Crippen molar-refractivity contribution in [3.8, 4) is 5.75 Å². The van der Waals surface area contributed by atoms with E-state index in [4.69, 9.17) is 0 Å². The van der Waals surface area contributed by atoms with E-state index in [2.05, 4.69) is 5.32 Å². The van der Waals surface area contributed by atoms with E-state index in [9.17, 15) is 13.9 Å². The number of aryl methyl sites for hydroxylation is 1. The van der Waals surface area contributed by atoms with Crippen LogP contribution in [0.2, 0.25) is 0 Å². The molecule has 2 N–H and O–H groups in total. The highest BCUT2D eigenvalue weighted by Gasteiger charge is 2.14. The second kappa shape index (κ2) is 6.01. The van der Waals surface area contributed by atoms with Gasteiger partial charge in [0.25, 0.3) is 0 Å². The van der Waals surface area contributed by atoms with Gasteiger partial charge in [-0.25, -0.2) is 8.78 Å². The molecule has 0 aliphatic carbocycles. The molecule has 0 aromatic heterocycles. The fraction of sp³-hybridized carbons (Fsp3) is 0.250. The zero-order valence-corrected chi connectivity index (χ0v) is 11.5. The number of hydrogen-bond donors (Lipinski definition) is 2. The molecule has 0 saturated carbocycles. The van der Waals surface area contributed by atoms with E-state index in [-0.39, 0.29) is 17.4 Å². The highest BCUT2D eigenvalue weighted by Crippen LogP contribution is 2.22. The van der Waals surface area contributed by atoms with Crippen molar-refractivity contribution in [2.75, 3.05) is 0 Å². The molecular weight excluding hydrogens is 260 g/mol. The molecule has 1 unspecified atom stereocenters. The molecule has 0 aliphatic rings. The minimum atomic E-state index is -0.429. The summed E-state index contributed by atoms with van der Waals surface area (Å²) >= 11 is 0. The fourth-order valence-electron chi connectivity index (χ4n) is 2.03. The van der Waals surface area contributed by atoms with Gasteiger partial charge in [0.15, 0.2) is 0 Å². The molecular formula is C16H17F2NO. The molecule has 2 nitrogen and oxygen atoms in total. The Hall–Kier alpha value is -1.94. The van der Waals surface area contributed by atoms with Gasteiger partial charge in [-0.15, -0.1) is 0 Å². The molecule has 106 valence electrons. The van der Waals surface area contributed by atoms with E-state index >= 15 is 0 Å². The lowest BCUT2D eigenvalue weighted by Gasteiger charge is -2.16. The highest BCUT2D eigenvalue weighted by molar-refractivity contribution is 5.32. The Morgan fingerprint density at radius 1 is 1.15 bits per heavy atom. The summed E-state index contributed by atoms with van der Waals surface area (Å²) in [5.41, 5.74) is 1.29. The van der Waals surface area contributed by atoms with Gasteiger partial charge in [0.1, 0.15) is 17.4 Å². The summed E-state index contributed by atoms with van der Waals surface area (Å²) in [6.07, 6.45) is 0. The maximum atomic E-state index is 13.8. The van der Waals surface area contributed by atoms with Crippen molar-refractivity contribution in [2.24, 2.45) is 0 Å². The van der Waals surface area contributed by atoms with E-state index < -0.39 is 11.6 Å². The molecule has 0 radical (unpaired) electrons. The maximum Gasteiger partial charge on any atom is 0.128 e. The number of phenols is 1. The lowest BCUT2D eigenvalue weighted by Crippen LogP contribution is -2.19. The fourth-order valence-corrected chi connectivity index (χ4v) is 2.03. The molecule has 0 saturated heterocycles. The number of hydrogen-bond acceptors (Lipinski definition) is 2. The van der Waals surface area contributed by atoms with E-state index in [0.717, 1.165) is 0 Å². The Bertz CT molecular complexity index is 613. The normalized spacial score (nSPS) is 12.4. The summed E-state index contributed by atoms with van der Waals surface area (Å²) < 4.78 is 27.3. The summed E-state index contributed by atoms with van der Waals surface area (Å²) in [6.45, 7) is 3.66. The molecule has 0 fully saturated rings. The van der Waals surface area contributed by atoms with E-state index in [1.54, 1.807) is 25.1 Å². The van der Waals surface area contributed by atoms with Crippen molar-refractivity contribution < 1.29 is 13.9 Å². The first-order valence-electron chi connectivity index (χ1n) is 6.45. The molecule has 2 aromatic carbocycles. The van der Waals surface area contributed by atoms with Gasteiger partial charge >= 0.3 is 0 Å². The van der Waals surface area contributed by atoms with Gasteiger partial charge in [-0.2, -0.15) is 0 Å². The average molecular weight is 277 g/mol. The van der Waals surface area contributed by atoms with Crippen molar-refractivity contribution in [2.45, 2.75) is 26.4 Å². The van der Waals surface area contributed by atoms with E-state index in [0.29, 0.717) is 17.7 Å². The number of nitrogens with one attached hydrogen (secondary N) is 1. The van der Waals surface area contributed by atoms with Gasteiger partial charge < -0.3 is 10.4 Å². The molecule has 0 amide bonds.